The van der Waals surface area contributed by atoms with Crippen LogP contribution in [0.25, 0.3) is 10.9 Å². The fourth-order valence-electron chi connectivity index (χ4n) is 4.12. The highest BCUT2D eigenvalue weighted by Crippen LogP contribution is 2.27. The van der Waals surface area contributed by atoms with Gasteiger partial charge in [0.15, 0.2) is 9.84 Å². The maximum Gasteiger partial charge on any atom is 0.224 e. The summed E-state index contributed by atoms with van der Waals surface area (Å²) in [5.41, 5.74) is 3.60. The van der Waals surface area contributed by atoms with Crippen LogP contribution in [-0.4, -0.2) is 66.8 Å². The van der Waals surface area contributed by atoms with Gasteiger partial charge in [-0.25, -0.2) is 8.42 Å². The number of nitrogens with zero attached hydrogens (tertiary/aromatic N) is 2. The van der Waals surface area contributed by atoms with Crippen molar-refractivity contribution in [2.75, 3.05) is 31.6 Å². The number of sulfone groups is 1. The van der Waals surface area contributed by atoms with E-state index >= 15 is 0 Å². The molecule has 140 valence electrons. The fraction of sp³-hybridized carbons (Fsp3) is 0.526. The first-order valence-corrected chi connectivity index (χ1v) is 11.0. The van der Waals surface area contributed by atoms with Crippen molar-refractivity contribution in [2.45, 2.75) is 31.8 Å². The van der Waals surface area contributed by atoms with Gasteiger partial charge < -0.3 is 14.8 Å². The molecule has 2 aliphatic rings. The predicted molar refractivity (Wildman–Crippen MR) is 102 cm³/mol. The summed E-state index contributed by atoms with van der Waals surface area (Å²) in [7, 11) is -0.964. The largest absolute Gasteiger partial charge is 0.358 e. The Hall–Kier alpha value is -1.86. The molecule has 1 amide bonds. The number of hydrogen-bond acceptors (Lipinski definition) is 4. The van der Waals surface area contributed by atoms with Gasteiger partial charge in [0.2, 0.25) is 5.91 Å². The number of aromatic amines is 1. The first-order chi connectivity index (χ1) is 12.4. The molecule has 0 aliphatic carbocycles. The number of rotatable bonds is 4. The van der Waals surface area contributed by atoms with Gasteiger partial charge in [0.1, 0.15) is 0 Å². The number of aromatic nitrogens is 1. The van der Waals surface area contributed by atoms with Crippen LogP contribution in [0, 0.1) is 0 Å². The van der Waals surface area contributed by atoms with Crippen molar-refractivity contribution in [1.82, 2.24) is 14.8 Å². The summed E-state index contributed by atoms with van der Waals surface area (Å²) in [4.78, 5) is 20.1. The van der Waals surface area contributed by atoms with Crippen LogP contribution in [0.2, 0.25) is 0 Å². The second-order valence-corrected chi connectivity index (χ2v) is 9.71. The molecule has 1 fully saturated rings. The molecule has 2 aromatic rings. The summed E-state index contributed by atoms with van der Waals surface area (Å²) < 4.78 is 23.2. The Bertz CT molecular complexity index is 935. The summed E-state index contributed by atoms with van der Waals surface area (Å²) in [5, 5.41) is 1.20. The van der Waals surface area contributed by atoms with E-state index < -0.39 is 9.84 Å². The highest BCUT2D eigenvalue weighted by atomic mass is 32.2. The molecule has 4 rings (SSSR count). The number of amides is 1. The van der Waals surface area contributed by atoms with Gasteiger partial charge >= 0.3 is 0 Å². The van der Waals surface area contributed by atoms with Gasteiger partial charge in [-0.1, -0.05) is 18.2 Å². The van der Waals surface area contributed by atoms with Crippen molar-refractivity contribution in [3.8, 4) is 0 Å². The molecule has 0 bridgehead atoms. The third-order valence-corrected chi connectivity index (χ3v) is 7.50. The Labute approximate surface area is 154 Å². The van der Waals surface area contributed by atoms with Crippen molar-refractivity contribution in [3.05, 3.63) is 35.5 Å². The molecule has 1 saturated heterocycles. The number of carbonyl (C=O) groups excluding carboxylic acids is 1. The summed E-state index contributed by atoms with van der Waals surface area (Å²) in [6.07, 6.45) is 1.96. The minimum absolute atomic E-state index is 0.0503. The second-order valence-electron chi connectivity index (χ2n) is 7.48. The molecular formula is C19H25N3O3S. The molecule has 1 atom stereocenters. The molecule has 0 saturated carbocycles. The van der Waals surface area contributed by atoms with Crippen molar-refractivity contribution in [2.24, 2.45) is 0 Å². The molecular weight excluding hydrogens is 350 g/mol. The van der Waals surface area contributed by atoms with Gasteiger partial charge in [-0.15, -0.1) is 0 Å². The van der Waals surface area contributed by atoms with Crippen LogP contribution in [0.1, 0.15) is 24.1 Å². The van der Waals surface area contributed by atoms with E-state index in [-0.39, 0.29) is 23.5 Å². The van der Waals surface area contributed by atoms with E-state index in [1.165, 1.54) is 16.6 Å². The van der Waals surface area contributed by atoms with Crippen molar-refractivity contribution in [3.63, 3.8) is 0 Å². The number of benzene rings is 1. The SMILES string of the molecule is CN(CCC(=O)N1CCc2[nH]c3ccccc3c2C1)C1CCS(=O)(=O)C1. The van der Waals surface area contributed by atoms with E-state index in [1.54, 1.807) is 0 Å². The van der Waals surface area contributed by atoms with Gasteiger partial charge in [0.05, 0.1) is 11.5 Å². The van der Waals surface area contributed by atoms with E-state index in [1.807, 2.05) is 29.0 Å². The molecule has 0 spiro atoms. The molecule has 1 unspecified atom stereocenters. The van der Waals surface area contributed by atoms with E-state index in [0.717, 1.165) is 18.5 Å². The number of H-pyrrole nitrogens is 1. The monoisotopic (exact) mass is 375 g/mol. The Kier molecular flexibility index (Phi) is 4.52. The summed E-state index contributed by atoms with van der Waals surface area (Å²) in [6, 6.07) is 8.28. The highest BCUT2D eigenvalue weighted by molar-refractivity contribution is 7.91. The van der Waals surface area contributed by atoms with Crippen LogP contribution in [0.5, 0.6) is 0 Å². The zero-order valence-corrected chi connectivity index (χ0v) is 15.9. The Morgan fingerprint density at radius 2 is 2.15 bits per heavy atom. The summed E-state index contributed by atoms with van der Waals surface area (Å²) >= 11 is 0. The molecule has 26 heavy (non-hydrogen) atoms. The van der Waals surface area contributed by atoms with Crippen LogP contribution in [0.4, 0.5) is 0 Å². The van der Waals surface area contributed by atoms with Gasteiger partial charge in [0, 0.05) is 60.7 Å². The maximum atomic E-state index is 12.7. The molecule has 1 N–H and O–H groups in total. The number of para-hydroxylation sites is 1. The third kappa shape index (κ3) is 3.38. The first-order valence-electron chi connectivity index (χ1n) is 9.20. The van der Waals surface area contributed by atoms with Gasteiger partial charge in [-0.2, -0.15) is 0 Å². The van der Waals surface area contributed by atoms with E-state index in [9.17, 15) is 13.2 Å². The molecule has 7 heteroatoms. The second kappa shape index (κ2) is 6.70. The van der Waals surface area contributed by atoms with Crippen molar-refractivity contribution < 1.29 is 13.2 Å². The summed E-state index contributed by atoms with van der Waals surface area (Å²) in [6.45, 7) is 2.00. The minimum Gasteiger partial charge on any atom is -0.358 e. The standard InChI is InChI=1S/C19H25N3O3S/c1-21(14-8-11-26(24,25)13-14)9-7-19(23)22-10-6-18-16(12-22)15-4-2-3-5-17(15)20-18/h2-5,14,20H,6-13H2,1H3. The predicted octanol–water partition coefficient (Wildman–Crippen LogP) is 1.56. The number of nitrogens with one attached hydrogen (secondary N) is 1. The molecule has 2 aliphatic heterocycles. The lowest BCUT2D eigenvalue weighted by molar-refractivity contribution is -0.132. The van der Waals surface area contributed by atoms with Crippen LogP contribution < -0.4 is 0 Å². The van der Waals surface area contributed by atoms with Crippen LogP contribution in [-0.2, 0) is 27.6 Å². The Morgan fingerprint density at radius 1 is 1.35 bits per heavy atom. The van der Waals surface area contributed by atoms with Crippen LogP contribution in [0.3, 0.4) is 0 Å². The van der Waals surface area contributed by atoms with Gasteiger partial charge in [0.25, 0.3) is 0 Å². The topological polar surface area (TPSA) is 73.5 Å². The normalized spacial score (nSPS) is 22.1. The molecule has 1 aromatic heterocycles. The zero-order valence-electron chi connectivity index (χ0n) is 15.1. The average molecular weight is 375 g/mol. The van der Waals surface area contributed by atoms with E-state index in [2.05, 4.69) is 17.1 Å². The molecule has 0 radical (unpaired) electrons. The number of hydrogen-bond donors (Lipinski definition) is 1. The lowest BCUT2D eigenvalue weighted by atomic mass is 10.0. The lowest BCUT2D eigenvalue weighted by Gasteiger charge is -2.29. The third-order valence-electron chi connectivity index (χ3n) is 5.75. The van der Waals surface area contributed by atoms with E-state index in [4.69, 9.17) is 0 Å². The number of fused-ring (bicyclic) bond motifs is 3. The Morgan fingerprint density at radius 3 is 2.92 bits per heavy atom. The zero-order chi connectivity index (χ0) is 18.3. The van der Waals surface area contributed by atoms with Crippen LogP contribution >= 0.6 is 0 Å². The first kappa shape index (κ1) is 17.5. The fourth-order valence-corrected chi connectivity index (χ4v) is 5.92. The van der Waals surface area contributed by atoms with Gasteiger partial charge in [-0.3, -0.25) is 4.79 Å². The highest BCUT2D eigenvalue weighted by Gasteiger charge is 2.31. The van der Waals surface area contributed by atoms with Crippen molar-refractivity contribution in [1.29, 1.82) is 0 Å². The molecule has 3 heterocycles. The average Bonchev–Trinajstić information content (AvgIpc) is 3.18. The quantitative estimate of drug-likeness (QED) is 0.880. The van der Waals surface area contributed by atoms with E-state index in [0.29, 0.717) is 25.9 Å². The minimum atomic E-state index is -2.89. The number of carbonyl (C=O) groups is 1. The van der Waals surface area contributed by atoms with Crippen molar-refractivity contribution >= 4 is 26.6 Å². The van der Waals surface area contributed by atoms with Crippen LogP contribution in [0.15, 0.2) is 24.3 Å². The summed E-state index contributed by atoms with van der Waals surface area (Å²) in [5.74, 6) is 0.638. The Balaban J connectivity index is 1.37. The smallest absolute Gasteiger partial charge is 0.224 e. The van der Waals surface area contributed by atoms with Gasteiger partial charge in [-0.05, 0) is 19.5 Å². The maximum absolute atomic E-state index is 12.7. The molecule has 6 nitrogen and oxygen atoms in total. The molecule has 1 aromatic carbocycles. The lowest BCUT2D eigenvalue weighted by Crippen LogP contribution is -2.39.